The molecule has 0 aliphatic heterocycles. The van der Waals surface area contributed by atoms with Crippen molar-refractivity contribution in [3.63, 3.8) is 0 Å². The summed E-state index contributed by atoms with van der Waals surface area (Å²) in [6.07, 6.45) is 0. The molecule has 0 unspecified atom stereocenters. The Morgan fingerprint density at radius 3 is 3.00 bits per heavy atom. The second-order valence-electron chi connectivity index (χ2n) is 2.48. The van der Waals surface area contributed by atoms with Gasteiger partial charge in [0, 0.05) is 5.75 Å². The summed E-state index contributed by atoms with van der Waals surface area (Å²) in [7, 11) is 0. The summed E-state index contributed by atoms with van der Waals surface area (Å²) in [5, 5.41) is 0.541. The van der Waals surface area contributed by atoms with E-state index in [-0.39, 0.29) is 6.67 Å². The summed E-state index contributed by atoms with van der Waals surface area (Å²) in [6, 6.07) is 7.51. The van der Waals surface area contributed by atoms with Crippen molar-refractivity contribution in [3.05, 3.63) is 24.3 Å². The van der Waals surface area contributed by atoms with Crippen molar-refractivity contribution in [2.45, 2.75) is 5.22 Å². The quantitative estimate of drug-likeness (QED) is 0.707. The zero-order valence-electron chi connectivity index (χ0n) is 6.87. The normalized spacial score (nSPS) is 10.8. The van der Waals surface area contributed by atoms with E-state index < -0.39 is 0 Å². The molecule has 0 saturated heterocycles. The predicted octanol–water partition coefficient (Wildman–Crippen LogP) is 2.89. The molecule has 2 rings (SSSR count). The molecule has 0 spiro atoms. The van der Waals surface area contributed by atoms with Gasteiger partial charge in [0.05, 0.1) is 6.67 Å². The summed E-state index contributed by atoms with van der Waals surface area (Å²) >= 11 is 1.29. The largest absolute Gasteiger partial charge is 0.431 e. The first kappa shape index (κ1) is 8.56. The summed E-state index contributed by atoms with van der Waals surface area (Å²) in [5.41, 5.74) is 1.58. The van der Waals surface area contributed by atoms with Gasteiger partial charge in [-0.15, -0.1) is 0 Å². The lowest BCUT2D eigenvalue weighted by Crippen LogP contribution is -1.79. The molecule has 13 heavy (non-hydrogen) atoms. The van der Waals surface area contributed by atoms with Gasteiger partial charge in [-0.05, 0) is 12.1 Å². The maximum atomic E-state index is 11.8. The number of aromatic nitrogens is 1. The SMILES string of the molecule is FCCSc1nc2ccccc2o1. The van der Waals surface area contributed by atoms with E-state index in [2.05, 4.69) is 4.98 Å². The number of benzene rings is 1. The molecule has 1 aromatic heterocycles. The summed E-state index contributed by atoms with van der Waals surface area (Å²) in [5.74, 6) is 0.396. The third-order valence-corrected chi connectivity index (χ3v) is 2.36. The van der Waals surface area contributed by atoms with Gasteiger partial charge in [0.25, 0.3) is 5.22 Å². The molecule has 1 aromatic carbocycles. The van der Waals surface area contributed by atoms with Crippen LogP contribution in [-0.2, 0) is 0 Å². The van der Waals surface area contributed by atoms with Crippen LogP contribution in [0.4, 0.5) is 4.39 Å². The van der Waals surface area contributed by atoms with Gasteiger partial charge < -0.3 is 4.42 Å². The third kappa shape index (κ3) is 1.83. The first-order valence-corrected chi connectivity index (χ1v) is 4.93. The summed E-state index contributed by atoms with van der Waals surface area (Å²) < 4.78 is 17.2. The Morgan fingerprint density at radius 1 is 1.38 bits per heavy atom. The van der Waals surface area contributed by atoms with E-state index >= 15 is 0 Å². The Hall–Kier alpha value is -1.03. The summed E-state index contributed by atoms with van der Waals surface area (Å²) in [6.45, 7) is -0.358. The fraction of sp³-hybridized carbons (Fsp3) is 0.222. The van der Waals surface area contributed by atoms with Crippen molar-refractivity contribution in [1.82, 2.24) is 4.98 Å². The van der Waals surface area contributed by atoms with Crippen molar-refractivity contribution in [2.24, 2.45) is 0 Å². The van der Waals surface area contributed by atoms with E-state index in [1.165, 1.54) is 11.8 Å². The molecule has 0 atom stereocenters. The smallest absolute Gasteiger partial charge is 0.256 e. The predicted molar refractivity (Wildman–Crippen MR) is 50.7 cm³/mol. The lowest BCUT2D eigenvalue weighted by molar-refractivity contribution is 0.486. The molecule has 0 aliphatic carbocycles. The number of nitrogens with zero attached hydrogens (tertiary/aromatic N) is 1. The van der Waals surface area contributed by atoms with Gasteiger partial charge in [-0.3, -0.25) is 4.39 Å². The molecule has 2 aromatic rings. The molecule has 68 valence electrons. The van der Waals surface area contributed by atoms with E-state index in [0.29, 0.717) is 11.0 Å². The van der Waals surface area contributed by atoms with Crippen LogP contribution in [0.2, 0.25) is 0 Å². The second-order valence-corrected chi connectivity index (χ2v) is 3.53. The Balaban J connectivity index is 2.28. The van der Waals surface area contributed by atoms with Gasteiger partial charge in [0.15, 0.2) is 5.58 Å². The standard InChI is InChI=1S/C9H8FNOS/c10-5-6-13-9-11-7-3-1-2-4-8(7)12-9/h1-4H,5-6H2. The number of fused-ring (bicyclic) bond motifs is 1. The molecule has 0 N–H and O–H groups in total. The molecule has 1 heterocycles. The highest BCUT2D eigenvalue weighted by Gasteiger charge is 2.04. The average Bonchev–Trinajstić information content (AvgIpc) is 2.57. The molecule has 0 saturated carbocycles. The van der Waals surface area contributed by atoms with E-state index in [1.54, 1.807) is 0 Å². The van der Waals surface area contributed by atoms with Crippen molar-refractivity contribution in [1.29, 1.82) is 0 Å². The number of rotatable bonds is 3. The Bertz CT molecular complexity index is 368. The van der Waals surface area contributed by atoms with E-state index in [1.807, 2.05) is 24.3 Å². The van der Waals surface area contributed by atoms with Crippen molar-refractivity contribution in [3.8, 4) is 0 Å². The van der Waals surface area contributed by atoms with Gasteiger partial charge in [0.1, 0.15) is 5.52 Å². The zero-order valence-corrected chi connectivity index (χ0v) is 7.68. The Labute approximate surface area is 79.1 Å². The van der Waals surface area contributed by atoms with Gasteiger partial charge in [-0.2, -0.15) is 0 Å². The molecule has 0 aliphatic rings. The molecular formula is C9H8FNOS. The van der Waals surface area contributed by atoms with Crippen molar-refractivity contribution >= 4 is 22.9 Å². The monoisotopic (exact) mass is 197 g/mol. The zero-order chi connectivity index (χ0) is 9.10. The number of halogens is 1. The molecule has 2 nitrogen and oxygen atoms in total. The van der Waals surface area contributed by atoms with Gasteiger partial charge in [-0.25, -0.2) is 4.98 Å². The summed E-state index contributed by atoms with van der Waals surface area (Å²) in [4.78, 5) is 4.18. The van der Waals surface area contributed by atoms with Crippen molar-refractivity contribution in [2.75, 3.05) is 12.4 Å². The first-order valence-electron chi connectivity index (χ1n) is 3.94. The van der Waals surface area contributed by atoms with Gasteiger partial charge >= 0.3 is 0 Å². The molecule has 0 amide bonds. The Morgan fingerprint density at radius 2 is 2.23 bits per heavy atom. The lowest BCUT2D eigenvalue weighted by atomic mass is 10.3. The number of hydrogen-bond donors (Lipinski definition) is 0. The lowest BCUT2D eigenvalue weighted by Gasteiger charge is -1.87. The fourth-order valence-electron chi connectivity index (χ4n) is 1.04. The highest BCUT2D eigenvalue weighted by atomic mass is 32.2. The minimum Gasteiger partial charge on any atom is -0.431 e. The Kier molecular flexibility index (Phi) is 2.49. The van der Waals surface area contributed by atoms with Gasteiger partial charge in [-0.1, -0.05) is 23.9 Å². The highest BCUT2D eigenvalue weighted by molar-refractivity contribution is 7.99. The molecule has 0 bridgehead atoms. The van der Waals surface area contributed by atoms with Crippen LogP contribution >= 0.6 is 11.8 Å². The number of oxazole rings is 1. The molecule has 0 radical (unpaired) electrons. The van der Waals surface area contributed by atoms with Gasteiger partial charge in [0.2, 0.25) is 0 Å². The topological polar surface area (TPSA) is 26.0 Å². The van der Waals surface area contributed by atoms with Crippen LogP contribution in [-0.4, -0.2) is 17.4 Å². The first-order chi connectivity index (χ1) is 6.40. The number of alkyl halides is 1. The van der Waals surface area contributed by atoms with Crippen LogP contribution in [0.15, 0.2) is 33.9 Å². The van der Waals surface area contributed by atoms with E-state index in [9.17, 15) is 4.39 Å². The van der Waals surface area contributed by atoms with Crippen LogP contribution in [0, 0.1) is 0 Å². The van der Waals surface area contributed by atoms with Crippen LogP contribution < -0.4 is 0 Å². The van der Waals surface area contributed by atoms with E-state index in [0.717, 1.165) is 11.1 Å². The van der Waals surface area contributed by atoms with Crippen LogP contribution in [0.5, 0.6) is 0 Å². The molecule has 4 heteroatoms. The molecule has 0 fully saturated rings. The maximum absolute atomic E-state index is 11.8. The van der Waals surface area contributed by atoms with E-state index in [4.69, 9.17) is 4.42 Å². The minimum atomic E-state index is -0.358. The minimum absolute atomic E-state index is 0.358. The number of thioether (sulfide) groups is 1. The molecular weight excluding hydrogens is 189 g/mol. The highest BCUT2D eigenvalue weighted by Crippen LogP contribution is 2.22. The number of para-hydroxylation sites is 2. The fourth-order valence-corrected chi connectivity index (χ4v) is 1.60. The van der Waals surface area contributed by atoms with Crippen LogP contribution in [0.1, 0.15) is 0 Å². The number of hydrogen-bond acceptors (Lipinski definition) is 3. The second kappa shape index (κ2) is 3.79. The average molecular weight is 197 g/mol. The third-order valence-electron chi connectivity index (χ3n) is 1.58. The van der Waals surface area contributed by atoms with Crippen LogP contribution in [0.3, 0.4) is 0 Å². The van der Waals surface area contributed by atoms with Crippen LogP contribution in [0.25, 0.3) is 11.1 Å². The maximum Gasteiger partial charge on any atom is 0.256 e. The van der Waals surface area contributed by atoms with Crippen molar-refractivity contribution < 1.29 is 8.81 Å².